The standard InChI is InChI=1S/C2H3IO2.2C2H4O2/c1-2(4)5-3;2*1-2(3)4/h1H3;2*1H3,(H,3,4). The van der Waals surface area contributed by atoms with Crippen molar-refractivity contribution in [2.75, 3.05) is 0 Å². The molecule has 6 nitrogen and oxygen atoms in total. The lowest BCUT2D eigenvalue weighted by atomic mass is 10.9. The average Bonchev–Trinajstić information content (AvgIpc) is 1.84. The number of halogens is 1. The van der Waals surface area contributed by atoms with Gasteiger partial charge < -0.3 is 13.3 Å². The molecule has 0 rings (SSSR count). The molecule has 2 N–H and O–H groups in total. The number of hydrogen-bond donors (Lipinski definition) is 2. The highest BCUT2D eigenvalue weighted by atomic mass is 127. The summed E-state index contributed by atoms with van der Waals surface area (Å²) in [7, 11) is 0. The van der Waals surface area contributed by atoms with Crippen molar-refractivity contribution in [1.82, 2.24) is 0 Å². The summed E-state index contributed by atoms with van der Waals surface area (Å²) in [4.78, 5) is 27.6. The van der Waals surface area contributed by atoms with E-state index in [-0.39, 0.29) is 5.97 Å². The van der Waals surface area contributed by atoms with E-state index in [9.17, 15) is 4.79 Å². The molecule has 0 aliphatic heterocycles. The second kappa shape index (κ2) is 13.7. The third-order valence-corrected chi connectivity index (χ3v) is 0.729. The summed E-state index contributed by atoms with van der Waals surface area (Å²) in [6.07, 6.45) is 0. The Bertz CT molecular complexity index is 147. The number of carboxylic acid groups (broad SMARTS) is 2. The quantitative estimate of drug-likeness (QED) is 0.649. The molecule has 0 aliphatic rings. The van der Waals surface area contributed by atoms with Gasteiger partial charge in [0.2, 0.25) is 0 Å². The lowest BCUT2D eigenvalue weighted by Gasteiger charge is -1.76. The van der Waals surface area contributed by atoms with E-state index in [0.29, 0.717) is 0 Å². The third kappa shape index (κ3) is 716. The number of carboxylic acids is 2. The fraction of sp³-hybridized carbons (Fsp3) is 0.500. The van der Waals surface area contributed by atoms with Crippen molar-refractivity contribution in [3.8, 4) is 0 Å². The van der Waals surface area contributed by atoms with Crippen LogP contribution in [0.5, 0.6) is 0 Å². The van der Waals surface area contributed by atoms with E-state index in [1.54, 1.807) is 0 Å². The van der Waals surface area contributed by atoms with E-state index >= 15 is 0 Å². The number of carbonyl (C=O) groups is 3. The van der Waals surface area contributed by atoms with Crippen molar-refractivity contribution >= 4 is 40.9 Å². The minimum Gasteiger partial charge on any atom is -0.481 e. The van der Waals surface area contributed by atoms with Gasteiger partial charge in [0.25, 0.3) is 11.9 Å². The minimum atomic E-state index is -0.833. The summed E-state index contributed by atoms with van der Waals surface area (Å²) < 4.78 is 4.08. The smallest absolute Gasteiger partial charge is 0.312 e. The lowest BCUT2D eigenvalue weighted by molar-refractivity contribution is -0.135. The molecule has 0 saturated carbocycles. The van der Waals surface area contributed by atoms with E-state index < -0.39 is 11.9 Å². The molecule has 0 aromatic heterocycles. The largest absolute Gasteiger partial charge is 0.481 e. The maximum atomic E-state index is 9.58. The molecule has 0 aromatic carbocycles. The Morgan fingerprint density at radius 2 is 1.08 bits per heavy atom. The third-order valence-electron chi connectivity index (χ3n) is 0.109. The van der Waals surface area contributed by atoms with Crippen LogP contribution < -0.4 is 0 Å². The van der Waals surface area contributed by atoms with Crippen molar-refractivity contribution in [2.45, 2.75) is 20.8 Å². The van der Waals surface area contributed by atoms with E-state index in [1.807, 2.05) is 0 Å². The highest BCUT2D eigenvalue weighted by Crippen LogP contribution is 1.82. The Balaban J connectivity index is -0.000000117. The highest BCUT2D eigenvalue weighted by molar-refractivity contribution is 14.1. The molecule has 0 radical (unpaired) electrons. The van der Waals surface area contributed by atoms with Gasteiger partial charge in [-0.05, 0) is 0 Å². The van der Waals surface area contributed by atoms with Crippen LogP contribution in [0.25, 0.3) is 0 Å². The van der Waals surface area contributed by atoms with Gasteiger partial charge in [-0.25, -0.2) is 0 Å². The molecular formula is C6H11IO6. The minimum absolute atomic E-state index is 0.259. The monoisotopic (exact) mass is 306 g/mol. The predicted molar refractivity (Wildman–Crippen MR) is 52.4 cm³/mol. The van der Waals surface area contributed by atoms with Gasteiger partial charge in [-0.1, -0.05) is 0 Å². The molecular weight excluding hydrogens is 295 g/mol. The zero-order valence-corrected chi connectivity index (χ0v) is 9.56. The van der Waals surface area contributed by atoms with Gasteiger partial charge in [-0.15, -0.1) is 0 Å². The van der Waals surface area contributed by atoms with Crippen molar-refractivity contribution in [1.29, 1.82) is 0 Å². The fourth-order valence-corrected chi connectivity index (χ4v) is 0. The van der Waals surface area contributed by atoms with Crippen LogP contribution in [0.2, 0.25) is 0 Å². The Hall–Kier alpha value is -0.860. The number of rotatable bonds is 0. The van der Waals surface area contributed by atoms with E-state index in [1.165, 1.54) is 29.9 Å². The summed E-state index contributed by atoms with van der Waals surface area (Å²) >= 11 is 1.53. The Kier molecular flexibility index (Phi) is 19.0. The molecule has 0 unspecified atom stereocenters. The Morgan fingerprint density at radius 1 is 1.00 bits per heavy atom. The molecule has 0 aliphatic carbocycles. The lowest BCUT2D eigenvalue weighted by Crippen LogP contribution is -1.81. The first-order chi connectivity index (χ1) is 5.73. The van der Waals surface area contributed by atoms with Crippen LogP contribution in [0.3, 0.4) is 0 Å². The average molecular weight is 306 g/mol. The molecule has 0 heterocycles. The van der Waals surface area contributed by atoms with Crippen LogP contribution in [0.1, 0.15) is 20.8 Å². The van der Waals surface area contributed by atoms with Crippen LogP contribution in [0.4, 0.5) is 0 Å². The second-order valence-corrected chi connectivity index (χ2v) is 2.05. The van der Waals surface area contributed by atoms with Crippen LogP contribution in [0.15, 0.2) is 0 Å². The maximum Gasteiger partial charge on any atom is 0.312 e. The molecule has 0 bridgehead atoms. The zero-order valence-electron chi connectivity index (χ0n) is 7.41. The number of hydrogen-bond acceptors (Lipinski definition) is 4. The summed E-state index contributed by atoms with van der Waals surface area (Å²) in [6, 6.07) is 0. The predicted octanol–water partition coefficient (Wildman–Crippen LogP) is 1.08. The van der Waals surface area contributed by atoms with Gasteiger partial charge in [-0.2, -0.15) is 0 Å². The molecule has 0 aromatic rings. The number of carbonyl (C=O) groups excluding carboxylic acids is 1. The fourth-order valence-electron chi connectivity index (χ4n) is 0. The van der Waals surface area contributed by atoms with Crippen molar-refractivity contribution in [3.63, 3.8) is 0 Å². The topological polar surface area (TPSA) is 101 Å². The summed E-state index contributed by atoms with van der Waals surface area (Å²) in [5, 5.41) is 14.8. The van der Waals surface area contributed by atoms with Gasteiger partial charge in [0, 0.05) is 20.8 Å². The first kappa shape index (κ1) is 18.0. The zero-order chi connectivity index (χ0) is 11.4. The van der Waals surface area contributed by atoms with Gasteiger partial charge in [-0.3, -0.25) is 14.4 Å². The van der Waals surface area contributed by atoms with E-state index in [2.05, 4.69) is 3.07 Å². The van der Waals surface area contributed by atoms with Gasteiger partial charge in [0.05, 0.1) is 0 Å². The molecule has 0 saturated heterocycles. The van der Waals surface area contributed by atoms with Crippen molar-refractivity contribution in [2.24, 2.45) is 0 Å². The molecule has 7 heteroatoms. The van der Waals surface area contributed by atoms with Crippen LogP contribution in [-0.2, 0) is 17.4 Å². The summed E-state index contributed by atoms with van der Waals surface area (Å²) in [5.41, 5.74) is 0. The van der Waals surface area contributed by atoms with Crippen molar-refractivity contribution in [3.05, 3.63) is 0 Å². The Morgan fingerprint density at radius 3 is 1.08 bits per heavy atom. The molecule has 0 fully saturated rings. The first-order valence-electron chi connectivity index (χ1n) is 2.92. The second-order valence-electron chi connectivity index (χ2n) is 1.61. The molecule has 0 amide bonds. The first-order valence-corrected chi connectivity index (χ1v) is 3.80. The highest BCUT2D eigenvalue weighted by Gasteiger charge is 1.78. The normalized spacial score (nSPS) is 6.46. The SMILES string of the molecule is CC(=O)O.CC(=O)O.CC(=O)OI. The number of aliphatic carboxylic acids is 2. The summed E-state index contributed by atoms with van der Waals surface area (Å²) in [5.74, 6) is -1.93. The maximum absolute atomic E-state index is 9.58. The van der Waals surface area contributed by atoms with Gasteiger partial charge >= 0.3 is 5.97 Å². The van der Waals surface area contributed by atoms with Crippen LogP contribution >= 0.6 is 23.0 Å². The molecule has 0 atom stereocenters. The van der Waals surface area contributed by atoms with Crippen LogP contribution in [-0.4, -0.2) is 28.1 Å². The van der Waals surface area contributed by atoms with Gasteiger partial charge in [0.1, 0.15) is 0 Å². The van der Waals surface area contributed by atoms with Gasteiger partial charge in [0.15, 0.2) is 23.0 Å². The van der Waals surface area contributed by atoms with E-state index in [0.717, 1.165) is 13.8 Å². The molecule has 13 heavy (non-hydrogen) atoms. The summed E-state index contributed by atoms with van der Waals surface area (Å²) in [6.45, 7) is 3.52. The van der Waals surface area contributed by atoms with Crippen LogP contribution in [0, 0.1) is 0 Å². The molecule has 0 spiro atoms. The Labute approximate surface area is 89.6 Å². The van der Waals surface area contributed by atoms with Crippen molar-refractivity contribution < 1.29 is 27.7 Å². The molecule has 78 valence electrons. The van der Waals surface area contributed by atoms with E-state index in [4.69, 9.17) is 19.8 Å².